The first-order valence-corrected chi connectivity index (χ1v) is 10.0. The quantitative estimate of drug-likeness (QED) is 0.425. The van der Waals surface area contributed by atoms with Crippen LogP contribution in [0, 0.1) is 0 Å². The molecule has 0 fully saturated rings. The van der Waals surface area contributed by atoms with E-state index in [0.717, 1.165) is 23.2 Å². The smallest absolute Gasteiger partial charge is 0.267 e. The lowest BCUT2D eigenvalue weighted by Crippen LogP contribution is -2.50. The zero-order valence-electron chi connectivity index (χ0n) is 17.2. The number of hydrogen-bond acceptors (Lipinski definition) is 5. The molecule has 11 heteroatoms. The van der Waals surface area contributed by atoms with E-state index in [1.807, 2.05) is 0 Å². The molecule has 3 aromatic carbocycles. The number of carbonyl (C=O) groups excluding carboxylic acids is 3. The zero-order chi connectivity index (χ0) is 24.0. The number of rotatable bonds is 3. The maximum Gasteiger partial charge on any atom is 0.416 e. The van der Waals surface area contributed by atoms with Crippen LogP contribution in [0.5, 0.6) is 0 Å². The van der Waals surface area contributed by atoms with Gasteiger partial charge in [0.15, 0.2) is 0 Å². The minimum absolute atomic E-state index is 0.0448. The van der Waals surface area contributed by atoms with Gasteiger partial charge in [0.1, 0.15) is 11.0 Å². The van der Waals surface area contributed by atoms with Gasteiger partial charge in [-0.3, -0.25) is 9.59 Å². The number of nitrogens with zero attached hydrogens (tertiary/aromatic N) is 5. The first kappa shape index (κ1) is 21.3. The van der Waals surface area contributed by atoms with Gasteiger partial charge in [-0.05, 0) is 35.9 Å². The molecule has 34 heavy (non-hydrogen) atoms. The molecule has 0 aliphatic carbocycles. The number of fused-ring (bicyclic) bond motifs is 2. The van der Waals surface area contributed by atoms with Crippen LogP contribution in [0.15, 0.2) is 72.8 Å². The first-order chi connectivity index (χ1) is 16.3. The standard InChI is InChI=1S/C23H14F3N5O3/c24-23(25,26)15-10-11-18-19(12-15)30(28-27-18)22(34)29(13-14-6-2-1-3-7-14)31-20(32)16-8-4-5-9-17(16)21(31)33/h1-12H,13H2. The van der Waals surface area contributed by atoms with Crippen molar-refractivity contribution in [3.63, 3.8) is 0 Å². The van der Waals surface area contributed by atoms with Gasteiger partial charge in [-0.25, -0.2) is 9.80 Å². The third-order valence-electron chi connectivity index (χ3n) is 5.36. The van der Waals surface area contributed by atoms with Crippen LogP contribution in [0.2, 0.25) is 0 Å². The van der Waals surface area contributed by atoms with Crippen LogP contribution < -0.4 is 0 Å². The summed E-state index contributed by atoms with van der Waals surface area (Å²) < 4.78 is 40.4. The number of hydrogen-bond donors (Lipinski definition) is 0. The number of alkyl halides is 3. The minimum Gasteiger partial charge on any atom is -0.267 e. The average molecular weight is 465 g/mol. The van der Waals surface area contributed by atoms with E-state index in [9.17, 15) is 27.6 Å². The van der Waals surface area contributed by atoms with Gasteiger partial charge < -0.3 is 0 Å². The maximum absolute atomic E-state index is 13.6. The SMILES string of the molecule is O=C1c2ccccc2C(=O)N1N(Cc1ccccc1)C(=O)n1nnc2ccc(C(F)(F)F)cc21. The third kappa shape index (κ3) is 3.47. The molecule has 2 heterocycles. The fourth-order valence-electron chi connectivity index (χ4n) is 3.72. The summed E-state index contributed by atoms with van der Waals surface area (Å²) in [6.07, 6.45) is -4.65. The number of amides is 3. The van der Waals surface area contributed by atoms with E-state index >= 15 is 0 Å². The molecule has 1 aromatic heterocycles. The van der Waals surface area contributed by atoms with Gasteiger partial charge in [0.2, 0.25) is 0 Å². The molecule has 0 N–H and O–H groups in total. The highest BCUT2D eigenvalue weighted by molar-refractivity contribution is 6.21. The molecule has 0 radical (unpaired) electrons. The van der Waals surface area contributed by atoms with Gasteiger partial charge in [-0.1, -0.05) is 47.7 Å². The number of imide groups is 1. The summed E-state index contributed by atoms with van der Waals surface area (Å²) in [5.41, 5.74) is -0.361. The summed E-state index contributed by atoms with van der Waals surface area (Å²) in [5.74, 6) is -1.46. The molecule has 5 rings (SSSR count). The molecular weight excluding hydrogens is 451 g/mol. The molecule has 0 spiro atoms. The van der Waals surface area contributed by atoms with E-state index < -0.39 is 29.6 Å². The van der Waals surface area contributed by atoms with Gasteiger partial charge >= 0.3 is 12.2 Å². The van der Waals surface area contributed by atoms with Crippen molar-refractivity contribution in [2.75, 3.05) is 0 Å². The molecule has 0 bridgehead atoms. The Morgan fingerprint density at radius 1 is 0.882 bits per heavy atom. The zero-order valence-corrected chi connectivity index (χ0v) is 17.2. The third-order valence-corrected chi connectivity index (χ3v) is 5.36. The lowest BCUT2D eigenvalue weighted by molar-refractivity contribution is -0.137. The number of aromatic nitrogens is 3. The van der Waals surface area contributed by atoms with Crippen molar-refractivity contribution < 1.29 is 27.6 Å². The van der Waals surface area contributed by atoms with Crippen LogP contribution in [0.25, 0.3) is 11.0 Å². The minimum atomic E-state index is -4.65. The van der Waals surface area contributed by atoms with Crippen LogP contribution in [-0.2, 0) is 12.7 Å². The topological polar surface area (TPSA) is 88.4 Å². The van der Waals surface area contributed by atoms with Gasteiger partial charge in [0.05, 0.1) is 23.2 Å². The van der Waals surface area contributed by atoms with Crippen molar-refractivity contribution in [1.29, 1.82) is 0 Å². The Morgan fingerprint density at radius 3 is 2.12 bits per heavy atom. The predicted octanol–water partition coefficient (Wildman–Crippen LogP) is 4.13. The lowest BCUT2D eigenvalue weighted by atomic mass is 10.1. The summed E-state index contributed by atoms with van der Waals surface area (Å²) in [7, 11) is 0. The number of benzene rings is 3. The highest BCUT2D eigenvalue weighted by Crippen LogP contribution is 2.31. The van der Waals surface area contributed by atoms with Gasteiger partial charge in [0.25, 0.3) is 11.8 Å². The van der Waals surface area contributed by atoms with Crippen LogP contribution in [0.4, 0.5) is 18.0 Å². The van der Waals surface area contributed by atoms with Crippen molar-refractivity contribution in [1.82, 2.24) is 25.0 Å². The Kier molecular flexibility index (Phi) is 4.89. The van der Waals surface area contributed by atoms with E-state index in [4.69, 9.17) is 0 Å². The van der Waals surface area contributed by atoms with Gasteiger partial charge in [-0.2, -0.15) is 22.9 Å². The van der Waals surface area contributed by atoms with Crippen molar-refractivity contribution in [2.45, 2.75) is 12.7 Å². The Labute approximate surface area is 189 Å². The van der Waals surface area contributed by atoms with E-state index in [0.29, 0.717) is 15.3 Å². The Morgan fingerprint density at radius 2 is 1.50 bits per heavy atom. The van der Waals surface area contributed by atoms with E-state index in [1.54, 1.807) is 42.5 Å². The van der Waals surface area contributed by atoms with Crippen LogP contribution >= 0.6 is 0 Å². The second-order valence-electron chi connectivity index (χ2n) is 7.50. The fraction of sp³-hybridized carbons (Fsp3) is 0.0870. The highest BCUT2D eigenvalue weighted by atomic mass is 19.4. The first-order valence-electron chi connectivity index (χ1n) is 10.0. The van der Waals surface area contributed by atoms with E-state index in [2.05, 4.69) is 10.3 Å². The van der Waals surface area contributed by atoms with Crippen molar-refractivity contribution in [2.24, 2.45) is 0 Å². The Hall–Kier alpha value is -4.54. The summed E-state index contributed by atoms with van der Waals surface area (Å²) in [6, 6.07) is 16.3. The molecule has 4 aromatic rings. The second-order valence-corrected chi connectivity index (χ2v) is 7.50. The number of halogens is 3. The van der Waals surface area contributed by atoms with Crippen molar-refractivity contribution >= 4 is 28.9 Å². The summed E-state index contributed by atoms with van der Waals surface area (Å²) in [6.45, 7) is -0.217. The lowest BCUT2D eigenvalue weighted by Gasteiger charge is -2.29. The molecule has 1 aliphatic rings. The van der Waals surface area contributed by atoms with Crippen LogP contribution in [0.1, 0.15) is 31.8 Å². The Bertz CT molecular complexity index is 1410. The fourth-order valence-corrected chi connectivity index (χ4v) is 3.72. The van der Waals surface area contributed by atoms with Gasteiger partial charge in [-0.15, -0.1) is 5.10 Å². The maximum atomic E-state index is 13.6. The molecule has 0 saturated heterocycles. The molecule has 170 valence electrons. The normalized spacial score (nSPS) is 13.4. The molecule has 0 saturated carbocycles. The van der Waals surface area contributed by atoms with Gasteiger partial charge in [0, 0.05) is 0 Å². The van der Waals surface area contributed by atoms with Crippen molar-refractivity contribution in [3.05, 3.63) is 95.1 Å². The molecule has 0 atom stereocenters. The van der Waals surface area contributed by atoms with Crippen LogP contribution in [0.3, 0.4) is 0 Å². The molecule has 0 unspecified atom stereocenters. The predicted molar refractivity (Wildman–Crippen MR) is 112 cm³/mol. The average Bonchev–Trinajstić information content (AvgIpc) is 3.36. The highest BCUT2D eigenvalue weighted by Gasteiger charge is 2.42. The summed E-state index contributed by atoms with van der Waals surface area (Å²) in [5, 5.41) is 9.01. The summed E-state index contributed by atoms with van der Waals surface area (Å²) in [4.78, 5) is 39.7. The molecule has 3 amide bonds. The number of carbonyl (C=O) groups is 3. The molecule has 1 aliphatic heterocycles. The van der Waals surface area contributed by atoms with Crippen molar-refractivity contribution in [3.8, 4) is 0 Å². The molecular formula is C23H14F3N5O3. The van der Waals surface area contributed by atoms with E-state index in [1.165, 1.54) is 12.1 Å². The second kappa shape index (κ2) is 7.80. The largest absolute Gasteiger partial charge is 0.416 e. The summed E-state index contributed by atoms with van der Waals surface area (Å²) >= 11 is 0. The monoisotopic (exact) mass is 465 g/mol. The van der Waals surface area contributed by atoms with E-state index in [-0.39, 0.29) is 28.7 Å². The Balaban J connectivity index is 1.61. The molecule has 8 nitrogen and oxygen atoms in total. The number of hydrazine groups is 1. The van der Waals surface area contributed by atoms with Crippen LogP contribution in [-0.4, -0.2) is 42.9 Å².